The van der Waals surface area contributed by atoms with E-state index in [1.165, 1.54) is 83.6 Å². The molecular formula is C17H33N. The lowest BCUT2D eigenvalue weighted by atomic mass is 9.74. The van der Waals surface area contributed by atoms with Gasteiger partial charge in [0.25, 0.3) is 0 Å². The predicted molar refractivity (Wildman–Crippen MR) is 79.8 cm³/mol. The molecule has 1 nitrogen and oxygen atoms in total. The summed E-state index contributed by atoms with van der Waals surface area (Å²) >= 11 is 0. The van der Waals surface area contributed by atoms with E-state index < -0.39 is 0 Å². The zero-order valence-electron chi connectivity index (χ0n) is 12.4. The number of unbranched alkanes of at least 4 members (excludes halogenated alkanes) is 1. The number of rotatable bonds is 6. The second kappa shape index (κ2) is 8.19. The van der Waals surface area contributed by atoms with Crippen molar-refractivity contribution in [2.75, 3.05) is 6.54 Å². The van der Waals surface area contributed by atoms with E-state index in [4.69, 9.17) is 0 Å². The van der Waals surface area contributed by atoms with Gasteiger partial charge in [-0.25, -0.2) is 0 Å². The molecule has 106 valence electrons. The predicted octanol–water partition coefficient (Wildman–Crippen LogP) is 4.91. The van der Waals surface area contributed by atoms with E-state index in [1.807, 2.05) is 0 Å². The van der Waals surface area contributed by atoms with E-state index in [0.717, 1.165) is 17.9 Å². The summed E-state index contributed by atoms with van der Waals surface area (Å²) in [6.45, 7) is 3.56. The zero-order valence-corrected chi connectivity index (χ0v) is 12.4. The lowest BCUT2D eigenvalue weighted by Gasteiger charge is -2.38. The summed E-state index contributed by atoms with van der Waals surface area (Å²) in [6, 6.07) is 0.858. The van der Waals surface area contributed by atoms with Crippen LogP contribution in [0.25, 0.3) is 0 Å². The van der Waals surface area contributed by atoms with E-state index in [-0.39, 0.29) is 0 Å². The molecule has 2 fully saturated rings. The standard InChI is InChI=1S/C17H33N/c1-2-3-14-18-17(15-10-6-4-7-11-15)16-12-8-5-9-13-16/h15-18H,2-14H2,1H3. The monoisotopic (exact) mass is 251 g/mol. The molecule has 1 heteroatoms. The highest BCUT2D eigenvalue weighted by molar-refractivity contribution is 4.86. The van der Waals surface area contributed by atoms with Crippen LogP contribution in [0.2, 0.25) is 0 Å². The van der Waals surface area contributed by atoms with Gasteiger partial charge in [0.15, 0.2) is 0 Å². The Kier molecular flexibility index (Phi) is 6.54. The first-order valence-corrected chi connectivity index (χ1v) is 8.65. The van der Waals surface area contributed by atoms with Gasteiger partial charge in [-0.15, -0.1) is 0 Å². The van der Waals surface area contributed by atoms with Gasteiger partial charge in [-0.05, 0) is 50.5 Å². The van der Waals surface area contributed by atoms with Gasteiger partial charge in [0.05, 0.1) is 0 Å². The molecule has 0 atom stereocenters. The van der Waals surface area contributed by atoms with Gasteiger partial charge in [0.1, 0.15) is 0 Å². The van der Waals surface area contributed by atoms with Gasteiger partial charge in [0, 0.05) is 6.04 Å². The van der Waals surface area contributed by atoms with Crippen molar-refractivity contribution >= 4 is 0 Å². The Morgan fingerprint density at radius 2 is 1.33 bits per heavy atom. The highest BCUT2D eigenvalue weighted by Crippen LogP contribution is 2.35. The lowest BCUT2D eigenvalue weighted by molar-refractivity contribution is 0.172. The van der Waals surface area contributed by atoms with E-state index in [0.29, 0.717) is 0 Å². The van der Waals surface area contributed by atoms with Crippen molar-refractivity contribution < 1.29 is 0 Å². The highest BCUT2D eigenvalue weighted by Gasteiger charge is 2.30. The largest absolute Gasteiger partial charge is 0.313 e. The van der Waals surface area contributed by atoms with Gasteiger partial charge in [-0.1, -0.05) is 51.9 Å². The summed E-state index contributed by atoms with van der Waals surface area (Å²) in [7, 11) is 0. The van der Waals surface area contributed by atoms with Crippen LogP contribution in [-0.2, 0) is 0 Å². The van der Waals surface area contributed by atoms with Crippen LogP contribution in [-0.4, -0.2) is 12.6 Å². The van der Waals surface area contributed by atoms with Crippen LogP contribution in [0, 0.1) is 11.8 Å². The van der Waals surface area contributed by atoms with Crippen molar-refractivity contribution in [1.82, 2.24) is 5.32 Å². The van der Waals surface area contributed by atoms with Crippen molar-refractivity contribution in [3.05, 3.63) is 0 Å². The SMILES string of the molecule is CCCCNC(C1CCCCC1)C1CCCCC1. The van der Waals surface area contributed by atoms with E-state index in [2.05, 4.69) is 12.2 Å². The minimum absolute atomic E-state index is 0.858. The van der Waals surface area contributed by atoms with Gasteiger partial charge in [-0.3, -0.25) is 0 Å². The Balaban J connectivity index is 1.87. The molecule has 2 aliphatic rings. The normalized spacial score (nSPS) is 23.7. The third kappa shape index (κ3) is 4.26. The molecule has 2 aliphatic carbocycles. The Bertz CT molecular complexity index is 184. The van der Waals surface area contributed by atoms with Crippen LogP contribution in [0.5, 0.6) is 0 Å². The summed E-state index contributed by atoms with van der Waals surface area (Å²) in [5, 5.41) is 3.96. The molecule has 0 spiro atoms. The first-order chi connectivity index (χ1) is 8.92. The molecule has 0 aromatic rings. The second-order valence-electron chi connectivity index (χ2n) is 6.63. The fourth-order valence-corrected chi connectivity index (χ4v) is 4.15. The quantitative estimate of drug-likeness (QED) is 0.662. The van der Waals surface area contributed by atoms with Gasteiger partial charge in [-0.2, -0.15) is 0 Å². The molecule has 0 bridgehead atoms. The van der Waals surface area contributed by atoms with E-state index >= 15 is 0 Å². The van der Waals surface area contributed by atoms with Gasteiger partial charge in [0.2, 0.25) is 0 Å². The lowest BCUT2D eigenvalue weighted by Crippen LogP contribution is -2.44. The summed E-state index contributed by atoms with van der Waals surface area (Å²) in [6.07, 6.45) is 17.6. The molecule has 18 heavy (non-hydrogen) atoms. The van der Waals surface area contributed by atoms with E-state index in [1.54, 1.807) is 0 Å². The molecule has 0 aromatic heterocycles. The molecule has 2 rings (SSSR count). The Labute approximate surface area is 114 Å². The highest BCUT2D eigenvalue weighted by atomic mass is 14.9. The second-order valence-corrected chi connectivity index (χ2v) is 6.63. The van der Waals surface area contributed by atoms with Crippen molar-refractivity contribution in [3.8, 4) is 0 Å². The van der Waals surface area contributed by atoms with Crippen molar-refractivity contribution in [2.45, 2.75) is 90.0 Å². The van der Waals surface area contributed by atoms with Gasteiger partial charge >= 0.3 is 0 Å². The molecule has 2 saturated carbocycles. The van der Waals surface area contributed by atoms with E-state index in [9.17, 15) is 0 Å². The van der Waals surface area contributed by atoms with Crippen molar-refractivity contribution in [1.29, 1.82) is 0 Å². The van der Waals surface area contributed by atoms with Crippen LogP contribution in [0.3, 0.4) is 0 Å². The molecular weight excluding hydrogens is 218 g/mol. The Morgan fingerprint density at radius 1 is 0.833 bits per heavy atom. The fourth-order valence-electron chi connectivity index (χ4n) is 4.15. The zero-order chi connectivity index (χ0) is 12.6. The van der Waals surface area contributed by atoms with Crippen LogP contribution in [0.1, 0.15) is 84.0 Å². The number of hydrogen-bond donors (Lipinski definition) is 1. The molecule has 0 radical (unpaired) electrons. The maximum Gasteiger partial charge on any atom is 0.0124 e. The maximum atomic E-state index is 3.96. The molecule has 0 aromatic carbocycles. The number of nitrogens with one attached hydrogen (secondary N) is 1. The minimum atomic E-state index is 0.858. The smallest absolute Gasteiger partial charge is 0.0124 e. The Hall–Kier alpha value is -0.0400. The average Bonchev–Trinajstić information content (AvgIpc) is 2.46. The van der Waals surface area contributed by atoms with Crippen LogP contribution in [0.15, 0.2) is 0 Å². The summed E-state index contributed by atoms with van der Waals surface area (Å²) in [5.41, 5.74) is 0. The molecule has 0 aliphatic heterocycles. The molecule has 1 N–H and O–H groups in total. The van der Waals surface area contributed by atoms with Crippen LogP contribution in [0.4, 0.5) is 0 Å². The van der Waals surface area contributed by atoms with Crippen molar-refractivity contribution in [2.24, 2.45) is 11.8 Å². The molecule has 0 unspecified atom stereocenters. The third-order valence-corrected chi connectivity index (χ3v) is 5.23. The maximum absolute atomic E-state index is 3.96. The van der Waals surface area contributed by atoms with Crippen LogP contribution < -0.4 is 5.32 Å². The van der Waals surface area contributed by atoms with Crippen molar-refractivity contribution in [3.63, 3.8) is 0 Å². The topological polar surface area (TPSA) is 12.0 Å². The fraction of sp³-hybridized carbons (Fsp3) is 1.00. The summed E-state index contributed by atoms with van der Waals surface area (Å²) in [5.74, 6) is 2.00. The summed E-state index contributed by atoms with van der Waals surface area (Å²) < 4.78 is 0. The molecule has 0 heterocycles. The summed E-state index contributed by atoms with van der Waals surface area (Å²) in [4.78, 5) is 0. The number of hydrogen-bond acceptors (Lipinski definition) is 1. The molecule has 0 saturated heterocycles. The minimum Gasteiger partial charge on any atom is -0.313 e. The third-order valence-electron chi connectivity index (χ3n) is 5.23. The van der Waals surface area contributed by atoms with Gasteiger partial charge < -0.3 is 5.32 Å². The first kappa shape index (κ1) is 14.4. The molecule has 0 amide bonds. The average molecular weight is 251 g/mol. The first-order valence-electron chi connectivity index (χ1n) is 8.65. The Morgan fingerprint density at radius 3 is 1.78 bits per heavy atom. The van der Waals surface area contributed by atoms with Crippen LogP contribution >= 0.6 is 0 Å².